The van der Waals surface area contributed by atoms with Crippen molar-refractivity contribution in [1.82, 2.24) is 0 Å². The second kappa shape index (κ2) is 2.81. The van der Waals surface area contributed by atoms with E-state index >= 15 is 0 Å². The van der Waals surface area contributed by atoms with Gasteiger partial charge in [0.2, 0.25) is 5.78 Å². The molecule has 0 saturated heterocycles. The van der Waals surface area contributed by atoms with Crippen molar-refractivity contribution in [3.8, 4) is 0 Å². The lowest BCUT2D eigenvalue weighted by atomic mass is 10.00. The Morgan fingerprint density at radius 1 is 1.58 bits per heavy atom. The Labute approximate surface area is 70.2 Å². The summed E-state index contributed by atoms with van der Waals surface area (Å²) in [7, 11) is 1.39. The van der Waals surface area contributed by atoms with Gasteiger partial charge in [0.1, 0.15) is 0 Å². The number of hydrogen-bond donors (Lipinski definition) is 2. The van der Waals surface area contributed by atoms with Crippen LogP contribution in [-0.2, 0) is 9.53 Å². The van der Waals surface area contributed by atoms with E-state index in [0.717, 1.165) is 0 Å². The van der Waals surface area contributed by atoms with Crippen molar-refractivity contribution in [2.45, 2.75) is 6.92 Å². The van der Waals surface area contributed by atoms with Crippen LogP contribution in [0, 0.1) is 5.41 Å². The summed E-state index contributed by atoms with van der Waals surface area (Å²) in [6.07, 6.45) is 1.32. The number of ketones is 1. The molecule has 0 bridgehead atoms. The lowest BCUT2D eigenvalue weighted by Crippen LogP contribution is -2.22. The molecule has 0 heterocycles. The molecule has 1 rings (SSSR count). The van der Waals surface area contributed by atoms with Crippen molar-refractivity contribution < 1.29 is 9.53 Å². The third-order valence-corrected chi connectivity index (χ3v) is 1.75. The van der Waals surface area contributed by atoms with Gasteiger partial charge in [0.15, 0.2) is 5.76 Å². The summed E-state index contributed by atoms with van der Waals surface area (Å²) >= 11 is 0. The van der Waals surface area contributed by atoms with Gasteiger partial charge in [-0.25, -0.2) is 0 Å². The largest absolute Gasteiger partial charge is 0.493 e. The van der Waals surface area contributed by atoms with Crippen molar-refractivity contribution in [2.75, 3.05) is 7.11 Å². The molecule has 0 atom stereocenters. The van der Waals surface area contributed by atoms with E-state index in [1.165, 1.54) is 13.2 Å². The molecule has 0 unspecified atom stereocenters. The Bertz CT molecular complexity index is 313. The number of ether oxygens (including phenoxy) is 1. The van der Waals surface area contributed by atoms with Gasteiger partial charge >= 0.3 is 0 Å². The topological polar surface area (TPSA) is 76.2 Å². The number of nitrogens with one attached hydrogen (secondary N) is 1. The molecule has 0 fully saturated rings. The minimum absolute atomic E-state index is 0.129. The monoisotopic (exact) mass is 166 g/mol. The molecule has 1 aliphatic rings. The number of carbonyl (C=O) groups excluding carboxylic acids is 1. The van der Waals surface area contributed by atoms with E-state index in [1.807, 2.05) is 0 Å². The van der Waals surface area contributed by atoms with E-state index in [9.17, 15) is 4.79 Å². The molecular formula is C8H10N2O2. The highest BCUT2D eigenvalue weighted by molar-refractivity contribution is 6.22. The first-order valence-electron chi connectivity index (χ1n) is 3.43. The Hall–Kier alpha value is -1.58. The van der Waals surface area contributed by atoms with Crippen molar-refractivity contribution in [3.63, 3.8) is 0 Å². The third-order valence-electron chi connectivity index (χ3n) is 1.75. The van der Waals surface area contributed by atoms with Crippen LogP contribution >= 0.6 is 0 Å². The summed E-state index contributed by atoms with van der Waals surface area (Å²) in [6, 6.07) is 0. The fourth-order valence-electron chi connectivity index (χ4n) is 0.935. The first-order valence-corrected chi connectivity index (χ1v) is 3.43. The predicted octanol–water partition coefficient (Wildman–Crippen LogP) is 0.352. The summed E-state index contributed by atoms with van der Waals surface area (Å²) in [4.78, 5) is 11.3. The first kappa shape index (κ1) is 8.52. The van der Waals surface area contributed by atoms with E-state index in [0.29, 0.717) is 5.57 Å². The number of Topliss-reactive ketones (excluding diaryl/α,β-unsaturated/α-hetero) is 1. The standard InChI is InChI=1S/C8H10N2O2/c1-4-7(10)5(9)3-6(12-2)8(4)11/h3,9H,10H2,1-2H3. The summed E-state index contributed by atoms with van der Waals surface area (Å²) in [5.74, 6) is -0.0716. The van der Waals surface area contributed by atoms with E-state index in [2.05, 4.69) is 0 Å². The lowest BCUT2D eigenvalue weighted by molar-refractivity contribution is -0.115. The third kappa shape index (κ3) is 1.11. The fourth-order valence-corrected chi connectivity index (χ4v) is 0.935. The molecule has 4 heteroatoms. The molecule has 0 radical (unpaired) electrons. The molecule has 0 spiro atoms. The summed E-state index contributed by atoms with van der Waals surface area (Å²) in [6.45, 7) is 1.58. The lowest BCUT2D eigenvalue weighted by Gasteiger charge is -2.13. The van der Waals surface area contributed by atoms with Crippen molar-refractivity contribution in [3.05, 3.63) is 23.1 Å². The number of nitrogens with two attached hydrogens (primary N) is 1. The highest BCUT2D eigenvalue weighted by Gasteiger charge is 2.22. The minimum Gasteiger partial charge on any atom is -0.493 e. The minimum atomic E-state index is -0.244. The number of rotatable bonds is 1. The number of carbonyl (C=O) groups is 1. The predicted molar refractivity (Wildman–Crippen MR) is 44.7 cm³/mol. The van der Waals surface area contributed by atoms with Gasteiger partial charge in [-0.05, 0) is 6.92 Å². The van der Waals surface area contributed by atoms with Gasteiger partial charge in [0, 0.05) is 11.6 Å². The maximum atomic E-state index is 11.3. The van der Waals surface area contributed by atoms with Crippen molar-refractivity contribution >= 4 is 11.5 Å². The first-order chi connectivity index (χ1) is 5.57. The van der Waals surface area contributed by atoms with Gasteiger partial charge in [-0.15, -0.1) is 0 Å². The Morgan fingerprint density at radius 2 is 2.17 bits per heavy atom. The van der Waals surface area contributed by atoms with Gasteiger partial charge in [-0.1, -0.05) is 0 Å². The quantitative estimate of drug-likeness (QED) is 0.552. The molecule has 12 heavy (non-hydrogen) atoms. The summed E-state index contributed by atoms with van der Waals surface area (Å²) in [5, 5.41) is 7.36. The molecule has 0 amide bonds. The molecule has 64 valence electrons. The average Bonchev–Trinajstić information content (AvgIpc) is 2.08. The zero-order valence-corrected chi connectivity index (χ0v) is 6.97. The number of methoxy groups -OCH3 is 1. The zero-order chi connectivity index (χ0) is 9.30. The molecule has 4 nitrogen and oxygen atoms in total. The van der Waals surface area contributed by atoms with Crippen LogP contribution in [0.2, 0.25) is 0 Å². The van der Waals surface area contributed by atoms with E-state index < -0.39 is 0 Å². The summed E-state index contributed by atoms with van der Waals surface area (Å²) in [5.41, 5.74) is 6.19. The van der Waals surface area contributed by atoms with Gasteiger partial charge in [-0.2, -0.15) is 0 Å². The van der Waals surface area contributed by atoms with Crippen LogP contribution in [0.25, 0.3) is 0 Å². The van der Waals surface area contributed by atoms with Crippen LogP contribution in [0.3, 0.4) is 0 Å². The Balaban J connectivity index is 3.13. The molecule has 3 N–H and O–H groups in total. The molecular weight excluding hydrogens is 156 g/mol. The van der Waals surface area contributed by atoms with E-state index in [4.69, 9.17) is 15.9 Å². The van der Waals surface area contributed by atoms with Gasteiger partial charge in [-0.3, -0.25) is 10.2 Å². The smallest absolute Gasteiger partial charge is 0.225 e. The average molecular weight is 166 g/mol. The van der Waals surface area contributed by atoms with E-state index in [1.54, 1.807) is 6.92 Å². The molecule has 0 saturated carbocycles. The molecule has 1 aliphatic carbocycles. The molecule has 0 aromatic rings. The molecule has 0 aliphatic heterocycles. The van der Waals surface area contributed by atoms with Crippen LogP contribution in [0.1, 0.15) is 6.92 Å². The number of allylic oxidation sites excluding steroid dienone is 2. The SMILES string of the molecule is COC1=CC(=N)C(N)=C(C)C1=O. The van der Waals surface area contributed by atoms with Gasteiger partial charge in [0.25, 0.3) is 0 Å². The Kier molecular flexibility index (Phi) is 1.99. The van der Waals surface area contributed by atoms with Crippen LogP contribution in [0.4, 0.5) is 0 Å². The maximum Gasteiger partial charge on any atom is 0.225 e. The molecule has 0 aromatic carbocycles. The second-order valence-corrected chi connectivity index (χ2v) is 2.49. The molecule has 0 aromatic heterocycles. The van der Waals surface area contributed by atoms with E-state index in [-0.39, 0.29) is 23.0 Å². The second-order valence-electron chi connectivity index (χ2n) is 2.49. The number of hydrogen-bond acceptors (Lipinski definition) is 4. The van der Waals surface area contributed by atoms with Gasteiger partial charge in [0.05, 0.1) is 18.5 Å². The fraction of sp³-hybridized carbons (Fsp3) is 0.250. The van der Waals surface area contributed by atoms with Crippen molar-refractivity contribution in [2.24, 2.45) is 5.73 Å². The van der Waals surface area contributed by atoms with Crippen LogP contribution in [-0.4, -0.2) is 18.6 Å². The highest BCUT2D eigenvalue weighted by Crippen LogP contribution is 2.15. The van der Waals surface area contributed by atoms with Crippen LogP contribution in [0.5, 0.6) is 0 Å². The zero-order valence-electron chi connectivity index (χ0n) is 6.97. The maximum absolute atomic E-state index is 11.3. The van der Waals surface area contributed by atoms with Crippen molar-refractivity contribution in [1.29, 1.82) is 5.41 Å². The highest BCUT2D eigenvalue weighted by atomic mass is 16.5. The Morgan fingerprint density at radius 3 is 2.67 bits per heavy atom. The van der Waals surface area contributed by atoms with Crippen LogP contribution in [0.15, 0.2) is 23.1 Å². The van der Waals surface area contributed by atoms with Crippen LogP contribution < -0.4 is 5.73 Å². The van der Waals surface area contributed by atoms with Gasteiger partial charge < -0.3 is 10.5 Å². The summed E-state index contributed by atoms with van der Waals surface area (Å²) < 4.78 is 4.77. The normalized spacial score (nSPS) is 18.0.